The minimum atomic E-state index is -4.41. The van der Waals surface area contributed by atoms with E-state index in [0.29, 0.717) is 33.3 Å². The molecule has 0 aliphatic rings. The Morgan fingerprint density at radius 3 is 2.35 bits per heavy atom. The molecular weight excluding hydrogens is 465 g/mol. The van der Waals surface area contributed by atoms with Gasteiger partial charge >= 0.3 is 12.1 Å². The number of alkyl halides is 3. The number of nitrogens with zero attached hydrogens (tertiary/aromatic N) is 1. The lowest BCUT2D eigenvalue weighted by molar-refractivity contribution is -0.140. The number of ether oxygens (including phenoxy) is 1. The molecule has 34 heavy (non-hydrogen) atoms. The number of aryl methyl sites for hydroxylation is 2. The van der Waals surface area contributed by atoms with E-state index in [-0.39, 0.29) is 24.2 Å². The smallest absolute Gasteiger partial charge is 0.416 e. The number of hydrogen-bond donors (Lipinski definition) is 1. The van der Waals surface area contributed by atoms with Gasteiger partial charge in [-0.2, -0.15) is 13.2 Å². The third-order valence-electron chi connectivity index (χ3n) is 5.29. The van der Waals surface area contributed by atoms with Crippen molar-refractivity contribution in [1.29, 1.82) is 0 Å². The number of anilines is 1. The normalized spacial score (nSPS) is 11.5. The van der Waals surface area contributed by atoms with Gasteiger partial charge in [0, 0.05) is 17.7 Å². The first-order valence-corrected chi connectivity index (χ1v) is 11.5. The highest BCUT2D eigenvalue weighted by Gasteiger charge is 2.30. The van der Waals surface area contributed by atoms with Gasteiger partial charge in [0.25, 0.3) is 5.91 Å². The summed E-state index contributed by atoms with van der Waals surface area (Å²) in [5.41, 5.74) is 2.88. The number of benzene rings is 2. The number of amides is 1. The Balaban J connectivity index is 1.81. The van der Waals surface area contributed by atoms with E-state index in [0.717, 1.165) is 34.6 Å². The standard InChI is InChI=1S/C25H25F3N2O3S/c1-14(2)21-22(34-24(30-21)17-5-9-18(10-6-17)25(26,27)28)23(32)29-19-11-7-16(15(3)13-19)8-12-20(31)33-4/h5-7,9-11,13-14H,8,12H2,1-4H3,(H,29,32). The molecular formula is C25H25F3N2O3S. The number of carbonyl (C=O) groups excluding carboxylic acids is 2. The van der Waals surface area contributed by atoms with E-state index < -0.39 is 11.7 Å². The molecule has 0 saturated heterocycles. The third-order valence-corrected chi connectivity index (χ3v) is 6.41. The van der Waals surface area contributed by atoms with Gasteiger partial charge in [0.2, 0.25) is 0 Å². The summed E-state index contributed by atoms with van der Waals surface area (Å²) in [5, 5.41) is 3.37. The molecule has 0 radical (unpaired) electrons. The summed E-state index contributed by atoms with van der Waals surface area (Å²) in [6, 6.07) is 10.2. The zero-order valence-corrected chi connectivity index (χ0v) is 20.1. The van der Waals surface area contributed by atoms with Crippen LogP contribution in [0.3, 0.4) is 0 Å². The van der Waals surface area contributed by atoms with E-state index in [1.54, 1.807) is 6.07 Å². The molecule has 5 nitrogen and oxygen atoms in total. The summed E-state index contributed by atoms with van der Waals surface area (Å²) in [6.07, 6.45) is -3.60. The summed E-state index contributed by atoms with van der Waals surface area (Å²) in [5.74, 6) is -0.671. The van der Waals surface area contributed by atoms with Gasteiger partial charge in [0.15, 0.2) is 0 Å². The molecule has 3 aromatic rings. The number of carbonyl (C=O) groups is 2. The number of hydrogen-bond acceptors (Lipinski definition) is 5. The van der Waals surface area contributed by atoms with Gasteiger partial charge < -0.3 is 10.1 Å². The lowest BCUT2D eigenvalue weighted by Gasteiger charge is -2.10. The number of nitrogens with one attached hydrogen (secondary N) is 1. The highest BCUT2D eigenvalue weighted by molar-refractivity contribution is 7.17. The third kappa shape index (κ3) is 6.02. The zero-order chi connectivity index (χ0) is 25.0. The quantitative estimate of drug-likeness (QED) is 0.378. The average molecular weight is 491 g/mol. The van der Waals surface area contributed by atoms with Crippen molar-refractivity contribution in [2.45, 2.75) is 45.7 Å². The van der Waals surface area contributed by atoms with Crippen molar-refractivity contribution in [2.75, 3.05) is 12.4 Å². The summed E-state index contributed by atoms with van der Waals surface area (Å²) < 4.78 is 43.3. The van der Waals surface area contributed by atoms with Crippen LogP contribution in [0.2, 0.25) is 0 Å². The second kappa shape index (κ2) is 10.4. The fourth-order valence-electron chi connectivity index (χ4n) is 3.39. The van der Waals surface area contributed by atoms with Crippen molar-refractivity contribution < 1.29 is 27.5 Å². The molecule has 1 N–H and O–H groups in total. The number of rotatable bonds is 7. The number of thiazole rings is 1. The van der Waals surface area contributed by atoms with Crippen molar-refractivity contribution >= 4 is 28.9 Å². The first-order chi connectivity index (χ1) is 16.0. The first kappa shape index (κ1) is 25.4. The van der Waals surface area contributed by atoms with Gasteiger partial charge in [-0.05, 0) is 54.7 Å². The molecule has 2 aromatic carbocycles. The molecule has 3 rings (SSSR count). The van der Waals surface area contributed by atoms with Gasteiger partial charge in [-0.3, -0.25) is 9.59 Å². The van der Waals surface area contributed by atoms with Crippen molar-refractivity contribution in [3.05, 3.63) is 69.7 Å². The van der Waals surface area contributed by atoms with E-state index in [1.807, 2.05) is 32.9 Å². The van der Waals surface area contributed by atoms with Gasteiger partial charge in [0.1, 0.15) is 9.88 Å². The van der Waals surface area contributed by atoms with Crippen LogP contribution in [-0.2, 0) is 22.1 Å². The van der Waals surface area contributed by atoms with Gasteiger partial charge in [-0.25, -0.2) is 4.98 Å². The van der Waals surface area contributed by atoms with Gasteiger partial charge in [-0.15, -0.1) is 11.3 Å². The van der Waals surface area contributed by atoms with Crippen molar-refractivity contribution in [3.63, 3.8) is 0 Å². The molecule has 0 fully saturated rings. The predicted molar refractivity (Wildman–Crippen MR) is 126 cm³/mol. The first-order valence-electron chi connectivity index (χ1n) is 10.7. The maximum Gasteiger partial charge on any atom is 0.416 e. The maximum atomic E-state index is 13.1. The summed E-state index contributed by atoms with van der Waals surface area (Å²) in [6.45, 7) is 5.71. The van der Waals surface area contributed by atoms with Crippen LogP contribution in [0.4, 0.5) is 18.9 Å². The molecule has 0 spiro atoms. The lowest BCUT2D eigenvalue weighted by atomic mass is 10.0. The lowest BCUT2D eigenvalue weighted by Crippen LogP contribution is -2.13. The molecule has 0 aliphatic carbocycles. The van der Waals surface area contributed by atoms with Crippen LogP contribution in [0.15, 0.2) is 42.5 Å². The van der Waals surface area contributed by atoms with Crippen LogP contribution in [0, 0.1) is 6.92 Å². The molecule has 180 valence electrons. The Morgan fingerprint density at radius 2 is 1.79 bits per heavy atom. The fourth-order valence-corrected chi connectivity index (χ4v) is 4.51. The Bertz CT molecular complexity index is 1190. The zero-order valence-electron chi connectivity index (χ0n) is 19.2. The number of aromatic nitrogens is 1. The summed E-state index contributed by atoms with van der Waals surface area (Å²) >= 11 is 1.15. The molecule has 9 heteroatoms. The molecule has 0 aliphatic heterocycles. The highest BCUT2D eigenvalue weighted by Crippen LogP contribution is 2.35. The SMILES string of the molecule is COC(=O)CCc1ccc(NC(=O)c2sc(-c3ccc(C(F)(F)F)cc3)nc2C(C)C)cc1C. The minimum absolute atomic E-state index is 0.0531. The number of halogens is 3. The Labute approximate surface area is 200 Å². The molecule has 1 amide bonds. The highest BCUT2D eigenvalue weighted by atomic mass is 32.1. The summed E-state index contributed by atoms with van der Waals surface area (Å²) in [4.78, 5) is 29.4. The molecule has 1 heterocycles. The Hall–Kier alpha value is -3.20. The molecule has 1 aromatic heterocycles. The second-order valence-electron chi connectivity index (χ2n) is 8.13. The van der Waals surface area contributed by atoms with Crippen LogP contribution >= 0.6 is 11.3 Å². The Morgan fingerprint density at radius 1 is 1.12 bits per heavy atom. The summed E-state index contributed by atoms with van der Waals surface area (Å²) in [7, 11) is 1.35. The molecule has 0 atom stereocenters. The van der Waals surface area contributed by atoms with Crippen LogP contribution < -0.4 is 5.32 Å². The van der Waals surface area contributed by atoms with E-state index in [1.165, 1.54) is 19.2 Å². The van der Waals surface area contributed by atoms with Crippen molar-refractivity contribution in [1.82, 2.24) is 4.98 Å². The Kier molecular flexibility index (Phi) is 7.76. The topological polar surface area (TPSA) is 68.3 Å². The second-order valence-corrected chi connectivity index (χ2v) is 9.13. The van der Waals surface area contributed by atoms with Crippen molar-refractivity contribution in [3.8, 4) is 10.6 Å². The molecule has 0 unspecified atom stereocenters. The van der Waals surface area contributed by atoms with E-state index >= 15 is 0 Å². The van der Waals surface area contributed by atoms with Crippen LogP contribution in [0.25, 0.3) is 10.6 Å². The van der Waals surface area contributed by atoms with Crippen LogP contribution in [0.1, 0.15) is 58.2 Å². The van der Waals surface area contributed by atoms with E-state index in [4.69, 9.17) is 0 Å². The van der Waals surface area contributed by atoms with Crippen LogP contribution in [0.5, 0.6) is 0 Å². The number of methoxy groups -OCH3 is 1. The number of esters is 1. The molecule has 0 bridgehead atoms. The fraction of sp³-hybridized carbons (Fsp3) is 0.320. The monoisotopic (exact) mass is 490 g/mol. The molecule has 0 saturated carbocycles. The maximum absolute atomic E-state index is 13.1. The largest absolute Gasteiger partial charge is 0.469 e. The van der Waals surface area contributed by atoms with Gasteiger partial charge in [-0.1, -0.05) is 32.0 Å². The van der Waals surface area contributed by atoms with Crippen LogP contribution in [-0.4, -0.2) is 24.0 Å². The van der Waals surface area contributed by atoms with Crippen molar-refractivity contribution in [2.24, 2.45) is 0 Å². The minimum Gasteiger partial charge on any atom is -0.469 e. The van der Waals surface area contributed by atoms with E-state index in [2.05, 4.69) is 15.0 Å². The predicted octanol–water partition coefficient (Wildman–Crippen LogP) is 6.62. The van der Waals surface area contributed by atoms with Gasteiger partial charge in [0.05, 0.1) is 18.4 Å². The van der Waals surface area contributed by atoms with E-state index in [9.17, 15) is 22.8 Å². The average Bonchev–Trinajstić information content (AvgIpc) is 3.24.